The van der Waals surface area contributed by atoms with E-state index in [4.69, 9.17) is 14.6 Å². The molecule has 5 heteroatoms. The molecule has 1 aliphatic rings. The molecule has 4 atom stereocenters. The van der Waals surface area contributed by atoms with E-state index in [1.54, 1.807) is 0 Å². The topological polar surface area (TPSA) is 79.2 Å². The molecule has 1 heterocycles. The summed E-state index contributed by atoms with van der Waals surface area (Å²) in [6.45, 7) is 2.20. The van der Waals surface area contributed by atoms with Gasteiger partial charge in [-0.2, -0.15) is 0 Å². The third-order valence-corrected chi connectivity index (χ3v) is 2.22. The molecule has 0 radical (unpaired) electrons. The van der Waals surface area contributed by atoms with Gasteiger partial charge < -0.3 is 24.8 Å². The van der Waals surface area contributed by atoms with Crippen molar-refractivity contribution in [1.29, 1.82) is 0 Å². The Hall–Kier alpha value is -0.200. The van der Waals surface area contributed by atoms with E-state index in [2.05, 4.69) is 0 Å². The van der Waals surface area contributed by atoms with Crippen LogP contribution in [-0.4, -0.2) is 53.1 Å². The molecule has 1 fully saturated rings. The first-order chi connectivity index (χ1) is 6.69. The van der Waals surface area contributed by atoms with Crippen molar-refractivity contribution in [3.8, 4) is 0 Å². The Morgan fingerprint density at radius 1 is 1.43 bits per heavy atom. The van der Waals surface area contributed by atoms with Gasteiger partial charge in [0, 0.05) is 13.0 Å². The van der Waals surface area contributed by atoms with Crippen LogP contribution < -0.4 is 0 Å². The van der Waals surface area contributed by atoms with Crippen LogP contribution in [0.4, 0.5) is 0 Å². The van der Waals surface area contributed by atoms with E-state index in [9.17, 15) is 10.2 Å². The summed E-state index contributed by atoms with van der Waals surface area (Å²) in [4.78, 5) is 0. The predicted molar refractivity (Wildman–Crippen MR) is 48.6 cm³/mol. The van der Waals surface area contributed by atoms with Gasteiger partial charge >= 0.3 is 0 Å². The van der Waals surface area contributed by atoms with Crippen molar-refractivity contribution < 1.29 is 24.8 Å². The van der Waals surface area contributed by atoms with Gasteiger partial charge in [0.2, 0.25) is 0 Å². The molecular formula is C9H18O5. The first-order valence-corrected chi connectivity index (χ1v) is 4.93. The van der Waals surface area contributed by atoms with Gasteiger partial charge in [-0.05, 0) is 6.42 Å². The molecule has 0 amide bonds. The van der Waals surface area contributed by atoms with Gasteiger partial charge in [0.05, 0.1) is 12.7 Å². The molecule has 1 saturated heterocycles. The number of aliphatic hydroxyl groups excluding tert-OH is 3. The van der Waals surface area contributed by atoms with Crippen LogP contribution >= 0.6 is 0 Å². The van der Waals surface area contributed by atoms with Crippen molar-refractivity contribution >= 4 is 0 Å². The van der Waals surface area contributed by atoms with Gasteiger partial charge in [-0.25, -0.2) is 0 Å². The summed E-state index contributed by atoms with van der Waals surface area (Å²) in [5.74, 6) is 0. The molecule has 3 N–H and O–H groups in total. The second kappa shape index (κ2) is 5.63. The van der Waals surface area contributed by atoms with E-state index >= 15 is 0 Å². The first-order valence-electron chi connectivity index (χ1n) is 4.93. The third-order valence-electron chi connectivity index (χ3n) is 2.22. The number of aliphatic hydroxyl groups is 3. The molecule has 1 aliphatic heterocycles. The molecule has 0 aromatic carbocycles. The predicted octanol–water partition coefficient (Wildman–Crippen LogP) is -0.758. The lowest BCUT2D eigenvalue weighted by Crippen LogP contribution is -2.50. The van der Waals surface area contributed by atoms with Gasteiger partial charge in [0.25, 0.3) is 0 Å². The smallest absolute Gasteiger partial charge is 0.160 e. The summed E-state index contributed by atoms with van der Waals surface area (Å²) in [6.07, 6.45) is -2.07. The lowest BCUT2D eigenvalue weighted by Gasteiger charge is -2.35. The molecule has 0 aliphatic carbocycles. The maximum atomic E-state index is 9.43. The van der Waals surface area contributed by atoms with Gasteiger partial charge in [-0.1, -0.05) is 6.92 Å². The number of hydrogen-bond acceptors (Lipinski definition) is 5. The minimum absolute atomic E-state index is 0.248. The van der Waals surface area contributed by atoms with Crippen molar-refractivity contribution in [2.45, 2.75) is 44.4 Å². The maximum Gasteiger partial charge on any atom is 0.160 e. The quantitative estimate of drug-likeness (QED) is 0.563. The van der Waals surface area contributed by atoms with Gasteiger partial charge in [0.15, 0.2) is 6.29 Å². The van der Waals surface area contributed by atoms with Crippen molar-refractivity contribution in [3.05, 3.63) is 0 Å². The number of hydrogen-bond donors (Lipinski definition) is 3. The van der Waals surface area contributed by atoms with Crippen LogP contribution in [-0.2, 0) is 9.47 Å². The molecule has 0 spiro atoms. The third kappa shape index (κ3) is 2.90. The van der Waals surface area contributed by atoms with E-state index < -0.39 is 24.6 Å². The Morgan fingerprint density at radius 3 is 2.71 bits per heavy atom. The molecule has 14 heavy (non-hydrogen) atoms. The van der Waals surface area contributed by atoms with E-state index in [-0.39, 0.29) is 13.0 Å². The SMILES string of the molecule is CCCO[C@@H]1C[C@H](O)[C@H](O)[C@H](CO)O1. The summed E-state index contributed by atoms with van der Waals surface area (Å²) >= 11 is 0. The maximum absolute atomic E-state index is 9.43. The second-order valence-electron chi connectivity index (χ2n) is 3.45. The number of rotatable bonds is 4. The van der Waals surface area contributed by atoms with E-state index in [0.29, 0.717) is 6.61 Å². The fraction of sp³-hybridized carbons (Fsp3) is 1.00. The molecule has 0 unspecified atom stereocenters. The van der Waals surface area contributed by atoms with Gasteiger partial charge in [-0.15, -0.1) is 0 Å². The van der Waals surface area contributed by atoms with Crippen LogP contribution in [0.3, 0.4) is 0 Å². The summed E-state index contributed by atoms with van der Waals surface area (Å²) in [7, 11) is 0. The molecule has 0 aromatic heterocycles. The van der Waals surface area contributed by atoms with E-state index in [1.165, 1.54) is 0 Å². The lowest BCUT2D eigenvalue weighted by atomic mass is 10.0. The van der Waals surface area contributed by atoms with Gasteiger partial charge in [0.1, 0.15) is 12.2 Å². The van der Waals surface area contributed by atoms with Gasteiger partial charge in [-0.3, -0.25) is 0 Å². The minimum atomic E-state index is -1.03. The Morgan fingerprint density at radius 2 is 2.14 bits per heavy atom. The highest BCUT2D eigenvalue weighted by molar-refractivity contribution is 4.82. The van der Waals surface area contributed by atoms with Crippen molar-refractivity contribution in [3.63, 3.8) is 0 Å². The summed E-state index contributed by atoms with van der Waals surface area (Å²) < 4.78 is 10.5. The van der Waals surface area contributed by atoms with Crippen LogP contribution in [0.5, 0.6) is 0 Å². The Kier molecular flexibility index (Phi) is 4.77. The number of ether oxygens (including phenoxy) is 2. The van der Waals surface area contributed by atoms with Crippen LogP contribution in [0.15, 0.2) is 0 Å². The zero-order valence-corrected chi connectivity index (χ0v) is 8.30. The lowest BCUT2D eigenvalue weighted by molar-refractivity contribution is -0.256. The van der Waals surface area contributed by atoms with Crippen molar-refractivity contribution in [1.82, 2.24) is 0 Å². The van der Waals surface area contributed by atoms with E-state index in [0.717, 1.165) is 6.42 Å². The normalized spacial score (nSPS) is 38.6. The summed E-state index contributed by atoms with van der Waals surface area (Å²) in [5.41, 5.74) is 0. The highest BCUT2D eigenvalue weighted by Gasteiger charge is 2.36. The highest BCUT2D eigenvalue weighted by atomic mass is 16.7. The van der Waals surface area contributed by atoms with E-state index in [1.807, 2.05) is 6.92 Å². The average Bonchev–Trinajstić information content (AvgIpc) is 2.19. The van der Waals surface area contributed by atoms with Crippen LogP contribution in [0, 0.1) is 0 Å². The van der Waals surface area contributed by atoms with Crippen LogP contribution in [0.2, 0.25) is 0 Å². The van der Waals surface area contributed by atoms with Crippen LogP contribution in [0.25, 0.3) is 0 Å². The Labute approximate surface area is 83.3 Å². The largest absolute Gasteiger partial charge is 0.394 e. The summed E-state index contributed by atoms with van der Waals surface area (Å²) in [5, 5.41) is 27.7. The molecule has 1 rings (SSSR count). The zero-order chi connectivity index (χ0) is 10.6. The molecular weight excluding hydrogens is 188 g/mol. The van der Waals surface area contributed by atoms with Crippen LogP contribution in [0.1, 0.15) is 19.8 Å². The van der Waals surface area contributed by atoms with Crippen molar-refractivity contribution in [2.24, 2.45) is 0 Å². The molecule has 0 saturated carbocycles. The minimum Gasteiger partial charge on any atom is -0.394 e. The molecule has 84 valence electrons. The second-order valence-corrected chi connectivity index (χ2v) is 3.45. The molecule has 0 aromatic rings. The summed E-state index contributed by atoms with van der Waals surface area (Å²) in [6, 6.07) is 0. The zero-order valence-electron chi connectivity index (χ0n) is 8.30. The monoisotopic (exact) mass is 206 g/mol. The molecule has 0 bridgehead atoms. The fourth-order valence-corrected chi connectivity index (χ4v) is 1.42. The average molecular weight is 206 g/mol. The molecule has 5 nitrogen and oxygen atoms in total. The standard InChI is InChI=1S/C9H18O5/c1-2-3-13-8-4-6(11)9(12)7(5-10)14-8/h6-12H,2-5H2,1H3/t6-,7-,8-,9-/m0/s1. The van der Waals surface area contributed by atoms with Crippen molar-refractivity contribution in [2.75, 3.05) is 13.2 Å². The first kappa shape index (κ1) is 11.9. The highest BCUT2D eigenvalue weighted by Crippen LogP contribution is 2.20. The Balaban J connectivity index is 2.41. The Bertz CT molecular complexity index is 163. The fourth-order valence-electron chi connectivity index (χ4n) is 1.42.